The van der Waals surface area contributed by atoms with Crippen molar-refractivity contribution in [2.45, 2.75) is 45.1 Å². The molecule has 0 amide bonds. The van der Waals surface area contributed by atoms with E-state index in [9.17, 15) is 4.79 Å². The molecule has 4 nitrogen and oxygen atoms in total. The highest BCUT2D eigenvalue weighted by atomic mass is 16.5. The first-order valence-corrected chi connectivity index (χ1v) is 10.4. The zero-order valence-corrected chi connectivity index (χ0v) is 16.8. The van der Waals surface area contributed by atoms with Gasteiger partial charge in [0.2, 0.25) is 0 Å². The topological polar surface area (TPSA) is 38.8 Å². The molecule has 28 heavy (non-hydrogen) atoms. The first-order valence-electron chi connectivity index (χ1n) is 10.4. The maximum Gasteiger partial charge on any atom is 0.338 e. The molecule has 0 N–H and O–H groups in total. The normalized spacial score (nSPS) is 17.2. The lowest BCUT2D eigenvalue weighted by Gasteiger charge is -2.33. The van der Waals surface area contributed by atoms with Crippen molar-refractivity contribution in [1.82, 2.24) is 4.90 Å². The van der Waals surface area contributed by atoms with Gasteiger partial charge in [-0.05, 0) is 62.6 Å². The summed E-state index contributed by atoms with van der Waals surface area (Å²) in [5.74, 6) is 0.508. The average molecular weight is 382 g/mol. The maximum absolute atomic E-state index is 12.2. The third-order valence-electron chi connectivity index (χ3n) is 5.36. The van der Waals surface area contributed by atoms with Crippen molar-refractivity contribution in [3.8, 4) is 5.75 Å². The van der Waals surface area contributed by atoms with Crippen molar-refractivity contribution in [2.75, 3.05) is 26.3 Å². The van der Waals surface area contributed by atoms with Crippen LogP contribution in [0.3, 0.4) is 0 Å². The Morgan fingerprint density at radius 1 is 1.04 bits per heavy atom. The van der Waals surface area contributed by atoms with E-state index in [4.69, 9.17) is 9.47 Å². The van der Waals surface area contributed by atoms with Gasteiger partial charge in [-0.2, -0.15) is 0 Å². The second-order valence-electron chi connectivity index (χ2n) is 7.48. The Bertz CT molecular complexity index is 714. The van der Waals surface area contributed by atoms with Crippen molar-refractivity contribution >= 4 is 5.97 Å². The molecule has 1 fully saturated rings. The standard InChI is InChI=1S/C24H31NO3/c1-20-8-5-6-16-25(20)17-7-18-28-24(26)22-11-13-23(14-12-22)27-19-15-21-9-3-2-4-10-21/h2-4,9-14,20H,5-8,15-19H2,1H3/t20-/m1/s1. The second-order valence-corrected chi connectivity index (χ2v) is 7.48. The van der Waals surface area contributed by atoms with Gasteiger partial charge in [-0.1, -0.05) is 36.8 Å². The molecule has 0 radical (unpaired) electrons. The molecule has 0 bridgehead atoms. The molecule has 2 aromatic carbocycles. The molecule has 0 saturated carbocycles. The van der Waals surface area contributed by atoms with Crippen molar-refractivity contribution < 1.29 is 14.3 Å². The van der Waals surface area contributed by atoms with Crippen LogP contribution in [0, 0.1) is 0 Å². The van der Waals surface area contributed by atoms with Gasteiger partial charge in [0.05, 0.1) is 18.8 Å². The molecule has 0 spiro atoms. The van der Waals surface area contributed by atoms with Crippen molar-refractivity contribution in [3.63, 3.8) is 0 Å². The number of nitrogens with zero attached hydrogens (tertiary/aromatic N) is 1. The first kappa shape index (κ1) is 20.4. The fraction of sp³-hybridized carbons (Fsp3) is 0.458. The number of carbonyl (C=O) groups excluding carboxylic acids is 1. The van der Waals surface area contributed by atoms with Crippen molar-refractivity contribution in [2.24, 2.45) is 0 Å². The summed E-state index contributed by atoms with van der Waals surface area (Å²) in [5.41, 5.74) is 1.82. The lowest BCUT2D eigenvalue weighted by Crippen LogP contribution is -2.38. The molecule has 4 heteroatoms. The van der Waals surface area contributed by atoms with Gasteiger partial charge < -0.3 is 14.4 Å². The van der Waals surface area contributed by atoms with Crippen LogP contribution < -0.4 is 4.74 Å². The molecule has 1 aliphatic rings. The van der Waals surface area contributed by atoms with Crippen LogP contribution in [0.2, 0.25) is 0 Å². The summed E-state index contributed by atoms with van der Waals surface area (Å²) >= 11 is 0. The molecule has 0 unspecified atom stereocenters. The quantitative estimate of drug-likeness (QED) is 0.465. The van der Waals surface area contributed by atoms with E-state index in [-0.39, 0.29) is 5.97 Å². The molecular formula is C24H31NO3. The fourth-order valence-corrected chi connectivity index (χ4v) is 3.62. The van der Waals surface area contributed by atoms with E-state index in [0.29, 0.717) is 24.8 Å². The van der Waals surface area contributed by atoms with E-state index in [1.165, 1.54) is 31.4 Å². The number of hydrogen-bond acceptors (Lipinski definition) is 4. The Morgan fingerprint density at radius 3 is 2.57 bits per heavy atom. The van der Waals surface area contributed by atoms with Gasteiger partial charge in [0, 0.05) is 19.0 Å². The molecule has 1 aliphatic heterocycles. The molecular weight excluding hydrogens is 350 g/mol. The molecule has 0 aliphatic carbocycles. The largest absolute Gasteiger partial charge is 0.493 e. The number of ether oxygens (including phenoxy) is 2. The molecule has 1 atom stereocenters. The Labute approximate surface area is 168 Å². The minimum Gasteiger partial charge on any atom is -0.493 e. The van der Waals surface area contributed by atoms with Gasteiger partial charge >= 0.3 is 5.97 Å². The summed E-state index contributed by atoms with van der Waals surface area (Å²) in [6.07, 6.45) is 5.64. The number of carbonyl (C=O) groups is 1. The van der Waals surface area contributed by atoms with E-state index >= 15 is 0 Å². The van der Waals surface area contributed by atoms with Crippen LogP contribution in [0.4, 0.5) is 0 Å². The summed E-state index contributed by atoms with van der Waals surface area (Å²) < 4.78 is 11.2. The number of esters is 1. The molecule has 1 heterocycles. The smallest absolute Gasteiger partial charge is 0.338 e. The summed E-state index contributed by atoms with van der Waals surface area (Å²) in [6, 6.07) is 18.1. The Hall–Kier alpha value is -2.33. The lowest BCUT2D eigenvalue weighted by molar-refractivity contribution is 0.0475. The third kappa shape index (κ3) is 6.38. The van der Waals surface area contributed by atoms with Gasteiger partial charge in [0.25, 0.3) is 0 Å². The number of benzene rings is 2. The van der Waals surface area contributed by atoms with Gasteiger partial charge in [0.15, 0.2) is 0 Å². The van der Waals surface area contributed by atoms with Crippen molar-refractivity contribution in [3.05, 3.63) is 65.7 Å². The van der Waals surface area contributed by atoms with Crippen molar-refractivity contribution in [1.29, 1.82) is 0 Å². The van der Waals surface area contributed by atoms with E-state index in [1.807, 2.05) is 30.3 Å². The highest BCUT2D eigenvalue weighted by Gasteiger charge is 2.17. The van der Waals surface area contributed by atoms with Crippen LogP contribution in [-0.2, 0) is 11.2 Å². The summed E-state index contributed by atoms with van der Waals surface area (Å²) in [7, 11) is 0. The number of rotatable bonds is 9. The number of likely N-dealkylation sites (tertiary alicyclic amines) is 1. The van der Waals surface area contributed by atoms with E-state index in [0.717, 1.165) is 25.1 Å². The SMILES string of the molecule is C[C@@H]1CCCCN1CCCOC(=O)c1ccc(OCCc2ccccc2)cc1. The van der Waals surface area contributed by atoms with Gasteiger partial charge in [-0.25, -0.2) is 4.79 Å². The highest BCUT2D eigenvalue weighted by molar-refractivity contribution is 5.89. The molecule has 3 rings (SSSR count). The van der Waals surface area contributed by atoms with Crippen LogP contribution in [0.25, 0.3) is 0 Å². The van der Waals surface area contributed by atoms with Crippen LogP contribution in [0.15, 0.2) is 54.6 Å². The number of hydrogen-bond donors (Lipinski definition) is 0. The average Bonchev–Trinajstić information content (AvgIpc) is 2.73. The zero-order chi connectivity index (χ0) is 19.6. The van der Waals surface area contributed by atoms with Gasteiger partial charge in [-0.15, -0.1) is 0 Å². The Morgan fingerprint density at radius 2 is 1.82 bits per heavy atom. The van der Waals surface area contributed by atoms with Crippen LogP contribution in [0.5, 0.6) is 5.75 Å². The number of piperidine rings is 1. The van der Waals surface area contributed by atoms with Gasteiger partial charge in [0.1, 0.15) is 5.75 Å². The van der Waals surface area contributed by atoms with E-state index in [2.05, 4.69) is 24.0 Å². The van der Waals surface area contributed by atoms with E-state index < -0.39 is 0 Å². The zero-order valence-electron chi connectivity index (χ0n) is 16.8. The summed E-state index contributed by atoms with van der Waals surface area (Å²) in [4.78, 5) is 14.7. The molecule has 0 aromatic heterocycles. The monoisotopic (exact) mass is 381 g/mol. The van der Waals surface area contributed by atoms with Crippen LogP contribution in [0.1, 0.15) is 48.5 Å². The first-order chi connectivity index (χ1) is 13.7. The molecule has 1 saturated heterocycles. The predicted molar refractivity (Wildman–Crippen MR) is 112 cm³/mol. The van der Waals surface area contributed by atoms with E-state index in [1.54, 1.807) is 12.1 Å². The van der Waals surface area contributed by atoms with Gasteiger partial charge in [-0.3, -0.25) is 0 Å². The highest BCUT2D eigenvalue weighted by Crippen LogP contribution is 2.17. The van der Waals surface area contributed by atoms with Crippen LogP contribution in [-0.4, -0.2) is 43.2 Å². The summed E-state index contributed by atoms with van der Waals surface area (Å²) in [6.45, 7) is 5.54. The Kier molecular flexibility index (Phi) is 7.92. The second kappa shape index (κ2) is 10.9. The molecule has 2 aromatic rings. The third-order valence-corrected chi connectivity index (χ3v) is 5.36. The summed E-state index contributed by atoms with van der Waals surface area (Å²) in [5, 5.41) is 0. The maximum atomic E-state index is 12.2. The molecule has 150 valence electrons. The fourth-order valence-electron chi connectivity index (χ4n) is 3.62. The van der Waals surface area contributed by atoms with Crippen LogP contribution >= 0.6 is 0 Å². The lowest BCUT2D eigenvalue weighted by atomic mass is 10.0. The minimum atomic E-state index is -0.262. The predicted octanol–water partition coefficient (Wildman–Crippen LogP) is 4.73. The minimum absolute atomic E-state index is 0.262. The Balaban J connectivity index is 1.35.